The molecule has 0 aliphatic carbocycles. The Morgan fingerprint density at radius 2 is 2.17 bits per heavy atom. The fourth-order valence-electron chi connectivity index (χ4n) is 3.49. The van der Waals surface area contributed by atoms with Gasteiger partial charge in [-0.25, -0.2) is 9.98 Å². The van der Waals surface area contributed by atoms with Crippen LogP contribution in [0.2, 0.25) is 0 Å². The van der Waals surface area contributed by atoms with Crippen LogP contribution in [0.25, 0.3) is 0 Å². The topological polar surface area (TPSA) is 61.8 Å². The Bertz CT molecular complexity index is 810. The highest BCUT2D eigenvalue weighted by molar-refractivity contribution is 14.0. The van der Waals surface area contributed by atoms with Gasteiger partial charge in [-0.1, -0.05) is 6.07 Å². The molecule has 2 aromatic rings. The van der Waals surface area contributed by atoms with Crippen LogP contribution in [0, 0.1) is 19.8 Å². The molecule has 1 aromatic carbocycles. The second-order valence-electron chi connectivity index (χ2n) is 7.12. The molecule has 2 N–H and O–H groups in total. The van der Waals surface area contributed by atoms with Crippen molar-refractivity contribution in [1.29, 1.82) is 0 Å². The van der Waals surface area contributed by atoms with Crippen LogP contribution in [0.5, 0.6) is 5.75 Å². The van der Waals surface area contributed by atoms with E-state index in [4.69, 9.17) is 9.73 Å². The van der Waals surface area contributed by atoms with Crippen LogP contribution < -0.4 is 20.3 Å². The lowest BCUT2D eigenvalue weighted by Gasteiger charge is -2.20. The summed E-state index contributed by atoms with van der Waals surface area (Å²) >= 11 is 1.73. The largest absolute Gasteiger partial charge is 0.497 e. The number of halogens is 1. The van der Waals surface area contributed by atoms with Crippen molar-refractivity contribution in [3.8, 4) is 5.75 Å². The van der Waals surface area contributed by atoms with E-state index in [0.29, 0.717) is 12.5 Å². The second-order valence-corrected chi connectivity index (χ2v) is 8.41. The Morgan fingerprint density at radius 1 is 1.34 bits per heavy atom. The summed E-state index contributed by atoms with van der Waals surface area (Å²) in [4.78, 5) is 12.9. The monoisotopic (exact) mass is 529 g/mol. The Kier molecular flexibility index (Phi) is 9.48. The highest BCUT2D eigenvalue weighted by Crippen LogP contribution is 2.26. The molecule has 1 fully saturated rings. The third-order valence-electron chi connectivity index (χ3n) is 4.99. The standard InChI is InChI=1S/C21H31N5OS.HI/c1-5-22-21(24-13-20-15(2)25-16(3)28-20)23-12-17-9-10-26(14-17)18-7-6-8-19(11-18)27-4;/h6-8,11,17H,5,9-10,12-14H2,1-4H3,(H2,22,23,24);1H. The minimum Gasteiger partial charge on any atom is -0.497 e. The number of hydrogen-bond acceptors (Lipinski definition) is 5. The van der Waals surface area contributed by atoms with Gasteiger partial charge in [-0.3, -0.25) is 0 Å². The van der Waals surface area contributed by atoms with Gasteiger partial charge in [0.2, 0.25) is 0 Å². The van der Waals surface area contributed by atoms with Gasteiger partial charge in [0.05, 0.1) is 24.4 Å². The first kappa shape index (κ1) is 23.7. The van der Waals surface area contributed by atoms with Gasteiger partial charge in [0, 0.05) is 42.8 Å². The number of hydrogen-bond donors (Lipinski definition) is 2. The van der Waals surface area contributed by atoms with Crippen molar-refractivity contribution in [1.82, 2.24) is 15.6 Å². The molecule has 1 aromatic heterocycles. The Hall–Kier alpha value is -1.55. The molecule has 3 rings (SSSR count). The lowest BCUT2D eigenvalue weighted by Crippen LogP contribution is -2.40. The molecule has 1 aliphatic heterocycles. The molecular weight excluding hydrogens is 497 g/mol. The maximum Gasteiger partial charge on any atom is 0.191 e. The van der Waals surface area contributed by atoms with Crippen LogP contribution in [0.4, 0.5) is 5.69 Å². The molecule has 1 saturated heterocycles. The SMILES string of the molecule is CCNC(=NCc1sc(C)nc1C)NCC1CCN(c2cccc(OC)c2)C1.I. The summed E-state index contributed by atoms with van der Waals surface area (Å²) in [5.74, 6) is 2.39. The second kappa shape index (κ2) is 11.6. The molecule has 160 valence electrons. The van der Waals surface area contributed by atoms with Crippen LogP contribution in [-0.2, 0) is 6.54 Å². The van der Waals surface area contributed by atoms with Crippen molar-refractivity contribution >= 4 is 47.0 Å². The molecule has 6 nitrogen and oxygen atoms in total. The van der Waals surface area contributed by atoms with E-state index in [0.717, 1.165) is 48.6 Å². The molecular formula is C21H32IN5OS. The van der Waals surface area contributed by atoms with Gasteiger partial charge in [-0.15, -0.1) is 35.3 Å². The van der Waals surface area contributed by atoms with Gasteiger partial charge in [-0.05, 0) is 45.2 Å². The van der Waals surface area contributed by atoms with E-state index in [-0.39, 0.29) is 24.0 Å². The number of anilines is 1. The molecule has 2 heterocycles. The van der Waals surface area contributed by atoms with Crippen molar-refractivity contribution in [2.75, 3.05) is 38.2 Å². The predicted octanol–water partition coefficient (Wildman–Crippen LogP) is 3.97. The fraction of sp³-hybridized carbons (Fsp3) is 0.524. The van der Waals surface area contributed by atoms with Crippen molar-refractivity contribution in [2.24, 2.45) is 10.9 Å². The smallest absolute Gasteiger partial charge is 0.191 e. The summed E-state index contributed by atoms with van der Waals surface area (Å²) in [5, 5.41) is 7.98. The average Bonchev–Trinajstić information content (AvgIpc) is 3.30. The quantitative estimate of drug-likeness (QED) is 0.323. The van der Waals surface area contributed by atoms with E-state index < -0.39 is 0 Å². The van der Waals surface area contributed by atoms with E-state index in [1.54, 1.807) is 18.4 Å². The number of methoxy groups -OCH3 is 1. The van der Waals surface area contributed by atoms with Crippen LogP contribution >= 0.6 is 35.3 Å². The zero-order chi connectivity index (χ0) is 19.9. The first-order valence-corrected chi connectivity index (χ1v) is 10.7. The average molecular weight is 529 g/mol. The van der Waals surface area contributed by atoms with E-state index in [2.05, 4.69) is 52.6 Å². The fourth-order valence-corrected chi connectivity index (χ4v) is 4.36. The molecule has 29 heavy (non-hydrogen) atoms. The van der Waals surface area contributed by atoms with Gasteiger partial charge < -0.3 is 20.3 Å². The number of ether oxygens (including phenoxy) is 1. The number of nitrogens with zero attached hydrogens (tertiary/aromatic N) is 3. The maximum atomic E-state index is 5.35. The van der Waals surface area contributed by atoms with E-state index in [1.165, 1.54) is 17.0 Å². The molecule has 0 saturated carbocycles. The van der Waals surface area contributed by atoms with Crippen LogP contribution in [0.15, 0.2) is 29.3 Å². The summed E-state index contributed by atoms with van der Waals surface area (Å²) in [6.07, 6.45) is 1.18. The Balaban J connectivity index is 0.00000300. The normalized spacial score (nSPS) is 16.5. The number of rotatable bonds is 7. The number of nitrogens with one attached hydrogen (secondary N) is 2. The minimum absolute atomic E-state index is 0. The predicted molar refractivity (Wildman–Crippen MR) is 133 cm³/mol. The minimum atomic E-state index is 0. The molecule has 0 amide bonds. The van der Waals surface area contributed by atoms with Gasteiger partial charge >= 0.3 is 0 Å². The Labute approximate surface area is 195 Å². The van der Waals surface area contributed by atoms with Crippen LogP contribution in [0.3, 0.4) is 0 Å². The number of benzene rings is 1. The third-order valence-corrected chi connectivity index (χ3v) is 6.04. The van der Waals surface area contributed by atoms with Crippen molar-refractivity contribution in [3.05, 3.63) is 39.8 Å². The molecule has 1 aliphatic rings. The van der Waals surface area contributed by atoms with Crippen LogP contribution in [-0.4, -0.2) is 44.2 Å². The van der Waals surface area contributed by atoms with Crippen molar-refractivity contribution < 1.29 is 4.74 Å². The summed E-state index contributed by atoms with van der Waals surface area (Å²) in [6.45, 7) is 10.8. The number of aryl methyl sites for hydroxylation is 2. The van der Waals surface area contributed by atoms with Gasteiger partial charge in [0.25, 0.3) is 0 Å². The lowest BCUT2D eigenvalue weighted by atomic mass is 10.1. The van der Waals surface area contributed by atoms with Gasteiger partial charge in [0.1, 0.15) is 5.75 Å². The number of guanidine groups is 1. The van der Waals surface area contributed by atoms with Gasteiger partial charge in [-0.2, -0.15) is 0 Å². The zero-order valence-corrected chi connectivity index (χ0v) is 20.8. The molecule has 1 unspecified atom stereocenters. The zero-order valence-electron chi connectivity index (χ0n) is 17.7. The summed E-state index contributed by atoms with van der Waals surface area (Å²) in [7, 11) is 1.71. The first-order valence-electron chi connectivity index (χ1n) is 9.93. The summed E-state index contributed by atoms with van der Waals surface area (Å²) in [5.41, 5.74) is 2.32. The number of aromatic nitrogens is 1. The molecule has 0 bridgehead atoms. The van der Waals surface area contributed by atoms with Crippen LogP contribution in [0.1, 0.15) is 28.9 Å². The lowest BCUT2D eigenvalue weighted by molar-refractivity contribution is 0.415. The van der Waals surface area contributed by atoms with E-state index in [9.17, 15) is 0 Å². The highest BCUT2D eigenvalue weighted by Gasteiger charge is 2.23. The molecule has 0 radical (unpaired) electrons. The van der Waals surface area contributed by atoms with Crippen molar-refractivity contribution in [2.45, 2.75) is 33.7 Å². The number of thiazole rings is 1. The molecule has 1 atom stereocenters. The molecule has 8 heteroatoms. The summed E-state index contributed by atoms with van der Waals surface area (Å²) < 4.78 is 5.35. The third kappa shape index (κ3) is 6.74. The molecule has 0 spiro atoms. The Morgan fingerprint density at radius 3 is 2.86 bits per heavy atom. The first-order chi connectivity index (χ1) is 13.6. The maximum absolute atomic E-state index is 5.35. The number of aliphatic imine (C=N–C) groups is 1. The van der Waals surface area contributed by atoms with E-state index in [1.807, 2.05) is 13.0 Å². The van der Waals surface area contributed by atoms with Crippen molar-refractivity contribution in [3.63, 3.8) is 0 Å². The van der Waals surface area contributed by atoms with Gasteiger partial charge in [0.15, 0.2) is 5.96 Å². The van der Waals surface area contributed by atoms with E-state index >= 15 is 0 Å². The highest BCUT2D eigenvalue weighted by atomic mass is 127. The summed E-state index contributed by atoms with van der Waals surface area (Å²) in [6, 6.07) is 8.31.